The summed E-state index contributed by atoms with van der Waals surface area (Å²) in [5.41, 5.74) is 0.491. The van der Waals surface area contributed by atoms with Crippen LogP contribution in [0.25, 0.3) is 10.9 Å². The fraction of sp³-hybridized carbons (Fsp3) is 0.677. The lowest BCUT2D eigenvalue weighted by Crippen LogP contribution is -2.54. The van der Waals surface area contributed by atoms with Crippen LogP contribution in [0.1, 0.15) is 71.8 Å². The maximum atomic E-state index is 13.2. The highest BCUT2D eigenvalue weighted by Gasteiger charge is 2.42. The molecule has 0 radical (unpaired) electrons. The van der Waals surface area contributed by atoms with Gasteiger partial charge in [0, 0.05) is 48.7 Å². The van der Waals surface area contributed by atoms with Crippen molar-refractivity contribution < 1.29 is 17.9 Å². The quantitative estimate of drug-likeness (QED) is 0.442. The molecule has 3 atom stereocenters. The molecule has 5 rings (SSSR count). The van der Waals surface area contributed by atoms with Gasteiger partial charge in [0.1, 0.15) is 0 Å². The molecule has 11 heteroatoms. The first kappa shape index (κ1) is 31.0. The van der Waals surface area contributed by atoms with Crippen LogP contribution in [-0.2, 0) is 10.0 Å². The molecule has 1 aromatic heterocycles. The minimum absolute atomic E-state index is 0.0294. The largest absolute Gasteiger partial charge is 0.413 e. The normalized spacial score (nSPS) is 24.1. The van der Waals surface area contributed by atoms with Crippen molar-refractivity contribution in [2.75, 3.05) is 39.0 Å². The van der Waals surface area contributed by atoms with Crippen molar-refractivity contribution in [2.45, 2.75) is 95.9 Å². The van der Waals surface area contributed by atoms with Gasteiger partial charge in [0.05, 0.1) is 11.8 Å². The lowest BCUT2D eigenvalue weighted by atomic mass is 9.97. The Kier molecular flexibility index (Phi) is 9.61. The smallest absolute Gasteiger partial charge is 0.404 e. The lowest BCUT2D eigenvalue weighted by Gasteiger charge is -2.41. The summed E-state index contributed by atoms with van der Waals surface area (Å²) in [5.74, 6) is 0.0294. The number of benzene rings is 1. The van der Waals surface area contributed by atoms with Crippen molar-refractivity contribution in [3.63, 3.8) is 0 Å². The van der Waals surface area contributed by atoms with Gasteiger partial charge in [-0.25, -0.2) is 13.2 Å². The van der Waals surface area contributed by atoms with E-state index in [1.807, 2.05) is 38.1 Å². The van der Waals surface area contributed by atoms with E-state index in [2.05, 4.69) is 22.0 Å². The average Bonchev–Trinajstić information content (AvgIpc) is 3.16. The first-order valence-corrected chi connectivity index (χ1v) is 17.5. The van der Waals surface area contributed by atoms with E-state index in [9.17, 15) is 18.0 Å². The molecule has 10 nitrogen and oxygen atoms in total. The number of hydrogen-bond donors (Lipinski definition) is 1. The number of piperidine rings is 2. The summed E-state index contributed by atoms with van der Waals surface area (Å²) in [6.07, 6.45) is 7.27. The van der Waals surface area contributed by atoms with Gasteiger partial charge in [0.2, 0.25) is 10.0 Å². The number of rotatable bonds is 10. The molecule has 3 saturated heterocycles. The molecule has 0 spiro atoms. The number of nitrogens with zero attached hydrogens (tertiary/aromatic N) is 4. The van der Waals surface area contributed by atoms with Crippen LogP contribution < -0.4 is 15.6 Å². The molecule has 2 bridgehead atoms. The number of carbonyl (C=O) groups excluding carboxylic acids is 1. The van der Waals surface area contributed by atoms with Crippen molar-refractivity contribution in [2.24, 2.45) is 0 Å². The predicted molar refractivity (Wildman–Crippen MR) is 166 cm³/mol. The standard InChI is InChI=1S/C31H47N5O5S/c1-5-14-33-15-12-25(13-16-33)35(42(4,39)40)18-17-34-26-10-11-27(34)21-24(20-26)32-31(38)41-29-19-23-8-6-7-9-28(23)36(22(2)3)30(29)37/h6-9,19,22,24-27H,5,10-18,20-21H2,1-4H3,(H,32,38)/t24-,26-,27+. The number of carbonyl (C=O) groups is 1. The van der Waals surface area contributed by atoms with E-state index >= 15 is 0 Å². The van der Waals surface area contributed by atoms with Crippen LogP contribution >= 0.6 is 0 Å². The molecule has 1 amide bonds. The number of sulfonamides is 1. The molecule has 1 aromatic carbocycles. The minimum atomic E-state index is -3.30. The Hall–Kier alpha value is -2.47. The molecular weight excluding hydrogens is 554 g/mol. The molecule has 3 aliphatic rings. The third kappa shape index (κ3) is 6.85. The number of amides is 1. The van der Waals surface area contributed by atoms with E-state index < -0.39 is 16.1 Å². The summed E-state index contributed by atoms with van der Waals surface area (Å²) in [5, 5.41) is 3.86. The van der Waals surface area contributed by atoms with Crippen LogP contribution in [0, 0.1) is 0 Å². The molecule has 42 heavy (non-hydrogen) atoms. The molecular formula is C31H47N5O5S. The number of fused-ring (bicyclic) bond motifs is 3. The third-order valence-electron chi connectivity index (χ3n) is 9.35. The minimum Gasteiger partial charge on any atom is -0.404 e. The zero-order valence-corrected chi connectivity index (χ0v) is 26.3. The zero-order chi connectivity index (χ0) is 30.0. The van der Waals surface area contributed by atoms with Gasteiger partial charge in [-0.3, -0.25) is 9.69 Å². The number of aromatic nitrogens is 1. The number of ether oxygens (including phenoxy) is 1. The summed E-state index contributed by atoms with van der Waals surface area (Å²) in [6.45, 7) is 10.2. The third-order valence-corrected chi connectivity index (χ3v) is 10.7. The van der Waals surface area contributed by atoms with Crippen molar-refractivity contribution in [1.82, 2.24) is 24.0 Å². The molecule has 3 fully saturated rings. The Balaban J connectivity index is 1.18. The Morgan fingerprint density at radius 3 is 2.36 bits per heavy atom. The van der Waals surface area contributed by atoms with Crippen molar-refractivity contribution in [3.8, 4) is 5.75 Å². The van der Waals surface area contributed by atoms with Gasteiger partial charge in [-0.1, -0.05) is 25.1 Å². The van der Waals surface area contributed by atoms with Gasteiger partial charge < -0.3 is 19.5 Å². The van der Waals surface area contributed by atoms with E-state index in [0.29, 0.717) is 25.2 Å². The molecule has 4 heterocycles. The summed E-state index contributed by atoms with van der Waals surface area (Å²) < 4.78 is 34.5. The van der Waals surface area contributed by atoms with E-state index in [1.54, 1.807) is 14.9 Å². The van der Waals surface area contributed by atoms with Crippen LogP contribution in [0.15, 0.2) is 35.1 Å². The monoisotopic (exact) mass is 601 g/mol. The van der Waals surface area contributed by atoms with Gasteiger partial charge in [0.15, 0.2) is 5.75 Å². The first-order chi connectivity index (χ1) is 20.0. The van der Waals surface area contributed by atoms with Crippen LogP contribution in [0.4, 0.5) is 4.79 Å². The van der Waals surface area contributed by atoms with Crippen molar-refractivity contribution in [1.29, 1.82) is 0 Å². The van der Waals surface area contributed by atoms with Gasteiger partial charge in [-0.15, -0.1) is 0 Å². The second-order valence-electron chi connectivity index (χ2n) is 12.6. The number of para-hydroxylation sites is 1. The summed E-state index contributed by atoms with van der Waals surface area (Å²) in [6, 6.07) is 9.76. The van der Waals surface area contributed by atoms with Crippen molar-refractivity contribution >= 4 is 27.0 Å². The fourth-order valence-electron chi connectivity index (χ4n) is 7.48. The highest BCUT2D eigenvalue weighted by atomic mass is 32.2. The molecule has 0 aliphatic carbocycles. The van der Waals surface area contributed by atoms with Crippen LogP contribution in [0.3, 0.4) is 0 Å². The molecule has 0 saturated carbocycles. The Morgan fingerprint density at radius 1 is 1.07 bits per heavy atom. The fourth-order valence-corrected chi connectivity index (χ4v) is 8.65. The second kappa shape index (κ2) is 13.0. The van der Waals surface area contributed by atoms with Crippen LogP contribution in [0.5, 0.6) is 5.75 Å². The summed E-state index contributed by atoms with van der Waals surface area (Å²) in [7, 11) is -3.30. The number of pyridine rings is 1. The van der Waals surface area contributed by atoms with Crippen molar-refractivity contribution in [3.05, 3.63) is 40.7 Å². The molecule has 3 aliphatic heterocycles. The highest BCUT2D eigenvalue weighted by molar-refractivity contribution is 7.88. The summed E-state index contributed by atoms with van der Waals surface area (Å²) in [4.78, 5) is 31.0. The maximum Gasteiger partial charge on any atom is 0.413 e. The first-order valence-electron chi connectivity index (χ1n) is 15.6. The molecule has 2 aromatic rings. The lowest BCUT2D eigenvalue weighted by molar-refractivity contribution is 0.0969. The SMILES string of the molecule is CCCN1CCC(N(CCN2[C@@H]3CC[C@H]2C[C@H](NC(=O)Oc2cc4ccccc4n(C(C)C)c2=O)C3)S(C)(=O)=O)CC1. The van der Waals surface area contributed by atoms with E-state index in [1.165, 1.54) is 6.26 Å². The average molecular weight is 602 g/mol. The maximum absolute atomic E-state index is 13.2. The Labute approximate surface area is 250 Å². The number of likely N-dealkylation sites (tertiary alicyclic amines) is 1. The van der Waals surface area contributed by atoms with Gasteiger partial charge >= 0.3 is 6.09 Å². The number of hydrogen-bond acceptors (Lipinski definition) is 7. The van der Waals surface area contributed by atoms with Crippen LogP contribution in [-0.4, -0.2) is 96.3 Å². The Morgan fingerprint density at radius 2 is 1.74 bits per heavy atom. The number of nitrogens with one attached hydrogen (secondary N) is 1. The van der Waals surface area contributed by atoms with Gasteiger partial charge in [0.25, 0.3) is 5.56 Å². The van der Waals surface area contributed by atoms with E-state index in [4.69, 9.17) is 4.74 Å². The van der Waals surface area contributed by atoms with Gasteiger partial charge in [-0.2, -0.15) is 4.31 Å². The zero-order valence-electron chi connectivity index (χ0n) is 25.5. The van der Waals surface area contributed by atoms with E-state index in [-0.39, 0.29) is 29.4 Å². The Bertz CT molecular complexity index is 1400. The predicted octanol–water partition coefficient (Wildman–Crippen LogP) is 3.80. The second-order valence-corrected chi connectivity index (χ2v) is 14.5. The molecule has 232 valence electrons. The van der Waals surface area contributed by atoms with Gasteiger partial charge in [-0.05, 0) is 90.6 Å². The van der Waals surface area contributed by atoms with Crippen LogP contribution in [0.2, 0.25) is 0 Å². The highest BCUT2D eigenvalue weighted by Crippen LogP contribution is 2.36. The molecule has 1 N–H and O–H groups in total. The molecule has 0 unspecified atom stereocenters. The topological polar surface area (TPSA) is 104 Å². The van der Waals surface area contributed by atoms with E-state index in [0.717, 1.165) is 75.5 Å². The summed E-state index contributed by atoms with van der Waals surface area (Å²) >= 11 is 0.